The molecule has 1 aromatic rings. The van der Waals surface area contributed by atoms with Crippen LogP contribution in [-0.4, -0.2) is 25.8 Å². The van der Waals surface area contributed by atoms with Gasteiger partial charge in [-0.1, -0.05) is 38.1 Å². The van der Waals surface area contributed by atoms with Gasteiger partial charge in [-0.05, 0) is 50.3 Å². The molecule has 112 valence electrons. The van der Waals surface area contributed by atoms with Gasteiger partial charge in [-0.15, -0.1) is 0 Å². The smallest absolute Gasteiger partial charge is 0.0619 e. The average Bonchev–Trinajstić information content (AvgIpc) is 2.81. The minimum atomic E-state index is 0.267. The Bertz CT molecular complexity index is 400. The van der Waals surface area contributed by atoms with E-state index in [4.69, 9.17) is 4.74 Å². The summed E-state index contributed by atoms with van der Waals surface area (Å²) in [6.45, 7) is 9.74. The third-order valence-electron chi connectivity index (χ3n) is 4.72. The summed E-state index contributed by atoms with van der Waals surface area (Å²) >= 11 is 0. The first-order valence-electron chi connectivity index (χ1n) is 8.10. The Kier molecular flexibility index (Phi) is 5.62. The lowest BCUT2D eigenvalue weighted by molar-refractivity contribution is 0.0631. The van der Waals surface area contributed by atoms with Gasteiger partial charge in [0.15, 0.2) is 0 Å². The number of hydrogen-bond donors (Lipinski definition) is 1. The Morgan fingerprint density at radius 1 is 1.20 bits per heavy atom. The quantitative estimate of drug-likeness (QED) is 0.768. The van der Waals surface area contributed by atoms with Crippen molar-refractivity contribution in [3.63, 3.8) is 0 Å². The molecular weight excluding hydrogens is 246 g/mol. The fourth-order valence-electron chi connectivity index (χ4n) is 3.16. The lowest BCUT2D eigenvalue weighted by atomic mass is 9.76. The summed E-state index contributed by atoms with van der Waals surface area (Å²) in [5.74, 6) is 0. The van der Waals surface area contributed by atoms with Gasteiger partial charge in [0.2, 0.25) is 0 Å². The summed E-state index contributed by atoms with van der Waals surface area (Å²) in [5.41, 5.74) is 3.13. The standard InChI is InChI=1S/C18H29NO/c1-4-11-19-14-18(10-12-20-15(18)3)13-17-8-6-16(5-2)7-9-17/h6-9,15,19H,4-5,10-14H2,1-3H3. The summed E-state index contributed by atoms with van der Waals surface area (Å²) < 4.78 is 5.88. The molecule has 0 spiro atoms. The van der Waals surface area contributed by atoms with Crippen molar-refractivity contribution in [3.8, 4) is 0 Å². The van der Waals surface area contributed by atoms with Gasteiger partial charge in [0, 0.05) is 18.6 Å². The SMILES string of the molecule is CCCNCC1(Cc2ccc(CC)cc2)CCOC1C. The van der Waals surface area contributed by atoms with Gasteiger partial charge in [0.1, 0.15) is 0 Å². The number of rotatable bonds is 7. The number of benzene rings is 1. The minimum Gasteiger partial charge on any atom is -0.378 e. The molecule has 2 heteroatoms. The van der Waals surface area contributed by atoms with E-state index in [2.05, 4.69) is 50.4 Å². The molecule has 0 aliphatic carbocycles. The number of nitrogens with one attached hydrogen (secondary N) is 1. The van der Waals surface area contributed by atoms with Gasteiger partial charge in [0.25, 0.3) is 0 Å². The van der Waals surface area contributed by atoms with E-state index in [-0.39, 0.29) is 5.41 Å². The first-order chi connectivity index (χ1) is 9.70. The highest BCUT2D eigenvalue weighted by molar-refractivity contribution is 5.24. The van der Waals surface area contributed by atoms with Gasteiger partial charge < -0.3 is 10.1 Å². The van der Waals surface area contributed by atoms with Crippen molar-refractivity contribution in [2.24, 2.45) is 5.41 Å². The summed E-state index contributed by atoms with van der Waals surface area (Å²) in [7, 11) is 0. The summed E-state index contributed by atoms with van der Waals surface area (Å²) in [4.78, 5) is 0. The van der Waals surface area contributed by atoms with E-state index in [0.717, 1.165) is 32.5 Å². The zero-order chi connectivity index (χ0) is 14.4. The second-order valence-corrected chi connectivity index (χ2v) is 6.15. The molecule has 1 aliphatic rings. The Morgan fingerprint density at radius 2 is 1.90 bits per heavy atom. The van der Waals surface area contributed by atoms with Crippen molar-refractivity contribution >= 4 is 0 Å². The van der Waals surface area contributed by atoms with Crippen molar-refractivity contribution < 1.29 is 4.74 Å². The summed E-state index contributed by atoms with van der Waals surface area (Å²) in [6.07, 6.45) is 4.94. The summed E-state index contributed by atoms with van der Waals surface area (Å²) in [5, 5.41) is 3.61. The van der Waals surface area contributed by atoms with Crippen molar-refractivity contribution in [2.75, 3.05) is 19.7 Å². The predicted octanol–water partition coefficient (Wildman–Crippen LogP) is 3.59. The van der Waals surface area contributed by atoms with Crippen LogP contribution >= 0.6 is 0 Å². The highest BCUT2D eigenvalue weighted by atomic mass is 16.5. The van der Waals surface area contributed by atoms with Crippen LogP contribution < -0.4 is 5.32 Å². The Balaban J connectivity index is 2.06. The van der Waals surface area contributed by atoms with Crippen LogP contribution in [0.25, 0.3) is 0 Å². The minimum absolute atomic E-state index is 0.267. The molecule has 1 aromatic carbocycles. The van der Waals surface area contributed by atoms with Crippen LogP contribution in [0.2, 0.25) is 0 Å². The first-order valence-corrected chi connectivity index (χ1v) is 8.10. The Morgan fingerprint density at radius 3 is 2.45 bits per heavy atom. The predicted molar refractivity (Wildman–Crippen MR) is 85.1 cm³/mol. The molecule has 0 aromatic heterocycles. The largest absolute Gasteiger partial charge is 0.378 e. The molecule has 0 saturated carbocycles. The van der Waals surface area contributed by atoms with E-state index < -0.39 is 0 Å². The third kappa shape index (κ3) is 3.62. The molecule has 1 N–H and O–H groups in total. The van der Waals surface area contributed by atoms with E-state index in [9.17, 15) is 0 Å². The molecule has 0 amide bonds. The lowest BCUT2D eigenvalue weighted by Crippen LogP contribution is -2.41. The average molecular weight is 275 g/mol. The Labute approximate surface area is 123 Å². The molecule has 1 fully saturated rings. The molecular formula is C18H29NO. The van der Waals surface area contributed by atoms with Crippen LogP contribution in [0.15, 0.2) is 24.3 Å². The molecule has 1 aliphatic heterocycles. The highest BCUT2D eigenvalue weighted by Gasteiger charge is 2.41. The zero-order valence-electron chi connectivity index (χ0n) is 13.2. The Hall–Kier alpha value is -0.860. The van der Waals surface area contributed by atoms with Crippen molar-refractivity contribution in [3.05, 3.63) is 35.4 Å². The second-order valence-electron chi connectivity index (χ2n) is 6.15. The van der Waals surface area contributed by atoms with E-state index >= 15 is 0 Å². The van der Waals surface area contributed by atoms with Crippen LogP contribution in [0.5, 0.6) is 0 Å². The molecule has 2 nitrogen and oxygen atoms in total. The number of aryl methyl sites for hydroxylation is 1. The van der Waals surface area contributed by atoms with Crippen LogP contribution in [0.1, 0.15) is 44.7 Å². The molecule has 1 heterocycles. The monoisotopic (exact) mass is 275 g/mol. The first kappa shape index (κ1) is 15.5. The van der Waals surface area contributed by atoms with Crippen molar-refractivity contribution in [1.29, 1.82) is 0 Å². The van der Waals surface area contributed by atoms with E-state index in [1.807, 2.05) is 0 Å². The van der Waals surface area contributed by atoms with Gasteiger partial charge in [-0.25, -0.2) is 0 Å². The molecule has 2 unspecified atom stereocenters. The lowest BCUT2D eigenvalue weighted by Gasteiger charge is -2.33. The maximum Gasteiger partial charge on any atom is 0.0619 e. The molecule has 1 saturated heterocycles. The molecule has 0 radical (unpaired) electrons. The zero-order valence-corrected chi connectivity index (χ0v) is 13.2. The second kappa shape index (κ2) is 7.24. The van der Waals surface area contributed by atoms with Gasteiger partial charge >= 0.3 is 0 Å². The fourth-order valence-corrected chi connectivity index (χ4v) is 3.16. The van der Waals surface area contributed by atoms with Gasteiger partial charge in [-0.3, -0.25) is 0 Å². The van der Waals surface area contributed by atoms with Gasteiger partial charge in [0.05, 0.1) is 6.10 Å². The van der Waals surface area contributed by atoms with E-state index in [0.29, 0.717) is 6.10 Å². The van der Waals surface area contributed by atoms with Gasteiger partial charge in [-0.2, -0.15) is 0 Å². The summed E-state index contributed by atoms with van der Waals surface area (Å²) in [6, 6.07) is 9.13. The number of hydrogen-bond acceptors (Lipinski definition) is 2. The van der Waals surface area contributed by atoms with Crippen molar-refractivity contribution in [2.45, 2.75) is 52.6 Å². The van der Waals surface area contributed by atoms with E-state index in [1.54, 1.807) is 0 Å². The van der Waals surface area contributed by atoms with E-state index in [1.165, 1.54) is 24.0 Å². The maximum atomic E-state index is 5.88. The van der Waals surface area contributed by atoms with Crippen LogP contribution in [0, 0.1) is 5.41 Å². The molecule has 20 heavy (non-hydrogen) atoms. The molecule has 0 bridgehead atoms. The highest BCUT2D eigenvalue weighted by Crippen LogP contribution is 2.37. The fraction of sp³-hybridized carbons (Fsp3) is 0.667. The van der Waals surface area contributed by atoms with Crippen LogP contribution in [0.3, 0.4) is 0 Å². The normalized spacial score (nSPS) is 26.1. The third-order valence-corrected chi connectivity index (χ3v) is 4.72. The topological polar surface area (TPSA) is 21.3 Å². The number of ether oxygens (including phenoxy) is 1. The maximum absolute atomic E-state index is 5.88. The van der Waals surface area contributed by atoms with Crippen molar-refractivity contribution in [1.82, 2.24) is 5.32 Å². The van der Waals surface area contributed by atoms with Crippen LogP contribution in [0.4, 0.5) is 0 Å². The van der Waals surface area contributed by atoms with Crippen LogP contribution in [-0.2, 0) is 17.6 Å². The molecule has 2 atom stereocenters. The molecule has 2 rings (SSSR count).